The minimum atomic E-state index is -0.566. The largest absolute Gasteiger partial charge is 0.348 e. The molecular weight excluding hydrogens is 418 g/mol. The first-order valence-corrected chi connectivity index (χ1v) is 12.0. The van der Waals surface area contributed by atoms with Crippen LogP contribution in [0.5, 0.6) is 0 Å². The van der Waals surface area contributed by atoms with E-state index in [2.05, 4.69) is 63.4 Å². The molecule has 1 aliphatic rings. The number of nitrogens with zero attached hydrogens (tertiary/aromatic N) is 1. The second-order valence-electron chi connectivity index (χ2n) is 8.08. The highest BCUT2D eigenvalue weighted by atomic mass is 32.1. The van der Waals surface area contributed by atoms with Gasteiger partial charge in [0.05, 0.1) is 6.04 Å². The highest BCUT2D eigenvalue weighted by molar-refractivity contribution is 7.10. The first kappa shape index (κ1) is 22.2. The quantitative estimate of drug-likeness (QED) is 0.409. The molecule has 0 spiro atoms. The molecule has 0 unspecified atom stereocenters. The predicted molar refractivity (Wildman–Crippen MR) is 128 cm³/mol. The first-order chi connectivity index (χ1) is 15.7. The molecule has 2 N–H and O–H groups in total. The van der Waals surface area contributed by atoms with Crippen LogP contribution in [0.25, 0.3) is 0 Å². The number of carbonyl (C=O) groups excluding carboxylic acids is 2. The van der Waals surface area contributed by atoms with Crippen LogP contribution in [0.2, 0.25) is 0 Å². The van der Waals surface area contributed by atoms with Crippen molar-refractivity contribution in [3.8, 4) is 0 Å². The maximum absolute atomic E-state index is 12.4. The van der Waals surface area contributed by atoms with Crippen molar-refractivity contribution >= 4 is 23.2 Å². The molecule has 6 heteroatoms. The standard InChI is InChI=1S/C26H29N3O2S/c30-25(27-15-6-10-20-8-2-1-3-9-20)26(31)28-18-23(24-13-7-17-32-24)29-16-14-21-11-4-5-12-22(21)19-29/h1-5,7-9,11-13,17,23H,6,10,14-16,18-19H2,(H,27,30)(H,28,31)/t23-/m0/s1. The summed E-state index contributed by atoms with van der Waals surface area (Å²) >= 11 is 1.69. The number of amides is 2. The average molecular weight is 448 g/mol. The molecule has 0 radical (unpaired) electrons. The first-order valence-electron chi connectivity index (χ1n) is 11.1. The molecule has 1 aromatic heterocycles. The van der Waals surface area contributed by atoms with Crippen molar-refractivity contribution in [1.29, 1.82) is 0 Å². The van der Waals surface area contributed by atoms with E-state index in [1.807, 2.05) is 24.3 Å². The lowest BCUT2D eigenvalue weighted by molar-refractivity contribution is -0.139. The van der Waals surface area contributed by atoms with Gasteiger partial charge in [-0.15, -0.1) is 11.3 Å². The second-order valence-corrected chi connectivity index (χ2v) is 9.05. The van der Waals surface area contributed by atoms with Crippen LogP contribution in [-0.4, -0.2) is 36.3 Å². The summed E-state index contributed by atoms with van der Waals surface area (Å²) in [5, 5.41) is 7.66. The Balaban J connectivity index is 1.28. The molecule has 0 saturated carbocycles. The van der Waals surface area contributed by atoms with Gasteiger partial charge in [0.25, 0.3) is 0 Å². The maximum Gasteiger partial charge on any atom is 0.309 e. The van der Waals surface area contributed by atoms with Crippen LogP contribution in [0.3, 0.4) is 0 Å². The van der Waals surface area contributed by atoms with E-state index in [0.717, 1.165) is 32.4 Å². The van der Waals surface area contributed by atoms with Gasteiger partial charge < -0.3 is 10.6 Å². The van der Waals surface area contributed by atoms with Crippen LogP contribution in [0.1, 0.15) is 34.0 Å². The van der Waals surface area contributed by atoms with Gasteiger partial charge in [0.2, 0.25) is 0 Å². The van der Waals surface area contributed by atoms with Crippen LogP contribution in [-0.2, 0) is 29.0 Å². The Morgan fingerprint density at radius 3 is 2.44 bits per heavy atom. The number of fused-ring (bicyclic) bond motifs is 1. The zero-order valence-corrected chi connectivity index (χ0v) is 18.9. The molecule has 0 fully saturated rings. The van der Waals surface area contributed by atoms with Crippen LogP contribution in [0, 0.1) is 0 Å². The van der Waals surface area contributed by atoms with E-state index in [9.17, 15) is 9.59 Å². The number of nitrogens with one attached hydrogen (secondary N) is 2. The van der Waals surface area contributed by atoms with Gasteiger partial charge in [-0.3, -0.25) is 14.5 Å². The smallest absolute Gasteiger partial charge is 0.309 e. The SMILES string of the molecule is O=C(NCCCc1ccccc1)C(=O)NC[C@@H](c1cccs1)N1CCc2ccccc2C1. The van der Waals surface area contributed by atoms with E-state index in [-0.39, 0.29) is 6.04 Å². The van der Waals surface area contributed by atoms with Gasteiger partial charge in [-0.2, -0.15) is 0 Å². The van der Waals surface area contributed by atoms with Crippen LogP contribution in [0.15, 0.2) is 72.1 Å². The molecule has 2 amide bonds. The van der Waals surface area contributed by atoms with Crippen molar-refractivity contribution in [2.45, 2.75) is 31.8 Å². The highest BCUT2D eigenvalue weighted by Gasteiger charge is 2.26. The molecule has 0 bridgehead atoms. The summed E-state index contributed by atoms with van der Waals surface area (Å²) in [5.41, 5.74) is 3.96. The summed E-state index contributed by atoms with van der Waals surface area (Å²) in [6.45, 7) is 2.68. The van der Waals surface area contributed by atoms with E-state index >= 15 is 0 Å². The number of carbonyl (C=O) groups is 2. The Hall–Kier alpha value is -2.96. The molecule has 0 aliphatic carbocycles. The summed E-state index contributed by atoms with van der Waals surface area (Å²) in [4.78, 5) is 28.3. The molecule has 2 aromatic carbocycles. The Labute approximate surface area is 193 Å². The Kier molecular flexibility index (Phi) is 7.69. The Morgan fingerprint density at radius 1 is 0.906 bits per heavy atom. The maximum atomic E-state index is 12.4. The van der Waals surface area contributed by atoms with Crippen molar-refractivity contribution in [2.24, 2.45) is 0 Å². The van der Waals surface area contributed by atoms with Crippen molar-refractivity contribution < 1.29 is 9.59 Å². The lowest BCUT2D eigenvalue weighted by atomic mass is 9.98. The number of aryl methyl sites for hydroxylation is 1. The van der Waals surface area contributed by atoms with Crippen molar-refractivity contribution in [3.63, 3.8) is 0 Å². The van der Waals surface area contributed by atoms with Crippen molar-refractivity contribution in [1.82, 2.24) is 15.5 Å². The predicted octanol–water partition coefficient (Wildman–Crippen LogP) is 3.71. The molecule has 4 rings (SSSR count). The molecule has 5 nitrogen and oxygen atoms in total. The van der Waals surface area contributed by atoms with Gasteiger partial charge in [0, 0.05) is 31.1 Å². The summed E-state index contributed by atoms with van der Waals surface area (Å²) in [6, 6.07) is 22.9. The third-order valence-electron chi connectivity index (χ3n) is 5.91. The lowest BCUT2D eigenvalue weighted by Gasteiger charge is -2.35. The minimum absolute atomic E-state index is 0.0539. The fraction of sp³-hybridized carbons (Fsp3) is 0.308. The fourth-order valence-electron chi connectivity index (χ4n) is 4.16. The van der Waals surface area contributed by atoms with Crippen LogP contribution < -0.4 is 10.6 Å². The molecular formula is C26H29N3O2S. The second kappa shape index (κ2) is 11.1. The zero-order valence-electron chi connectivity index (χ0n) is 18.1. The van der Waals surface area contributed by atoms with E-state index < -0.39 is 11.8 Å². The van der Waals surface area contributed by atoms with Gasteiger partial charge in [0.1, 0.15) is 0 Å². The number of thiophene rings is 1. The Bertz CT molecular complexity index is 1020. The van der Waals surface area contributed by atoms with Gasteiger partial charge in [0.15, 0.2) is 0 Å². The van der Waals surface area contributed by atoms with Crippen LogP contribution >= 0.6 is 11.3 Å². The molecule has 0 saturated heterocycles. The van der Waals surface area contributed by atoms with Crippen molar-refractivity contribution in [3.05, 3.63) is 93.7 Å². The van der Waals surface area contributed by atoms with Gasteiger partial charge in [-0.25, -0.2) is 0 Å². The monoisotopic (exact) mass is 447 g/mol. The molecule has 32 heavy (non-hydrogen) atoms. The summed E-state index contributed by atoms with van der Waals surface area (Å²) in [6.07, 6.45) is 2.67. The number of hydrogen-bond donors (Lipinski definition) is 2. The van der Waals surface area contributed by atoms with E-state index in [4.69, 9.17) is 0 Å². The number of hydrogen-bond acceptors (Lipinski definition) is 4. The molecule has 1 atom stereocenters. The average Bonchev–Trinajstić information content (AvgIpc) is 3.37. The lowest BCUT2D eigenvalue weighted by Crippen LogP contribution is -2.45. The van der Waals surface area contributed by atoms with Gasteiger partial charge in [-0.05, 0) is 47.4 Å². The summed E-state index contributed by atoms with van der Waals surface area (Å²) in [7, 11) is 0. The minimum Gasteiger partial charge on any atom is -0.348 e. The zero-order chi connectivity index (χ0) is 22.2. The van der Waals surface area contributed by atoms with E-state index in [0.29, 0.717) is 13.1 Å². The molecule has 166 valence electrons. The number of rotatable bonds is 8. The van der Waals surface area contributed by atoms with E-state index in [1.54, 1.807) is 11.3 Å². The summed E-state index contributed by atoms with van der Waals surface area (Å²) in [5.74, 6) is -1.13. The Morgan fingerprint density at radius 2 is 1.66 bits per heavy atom. The third-order valence-corrected chi connectivity index (χ3v) is 6.88. The van der Waals surface area contributed by atoms with Gasteiger partial charge in [-0.1, -0.05) is 60.7 Å². The molecule has 3 aromatic rings. The molecule has 1 aliphatic heterocycles. The topological polar surface area (TPSA) is 61.4 Å². The molecule has 2 heterocycles. The normalized spacial score (nSPS) is 14.4. The van der Waals surface area contributed by atoms with E-state index in [1.165, 1.54) is 21.6 Å². The van der Waals surface area contributed by atoms with Gasteiger partial charge >= 0.3 is 11.8 Å². The fourth-order valence-corrected chi connectivity index (χ4v) is 5.02. The van der Waals surface area contributed by atoms with Crippen molar-refractivity contribution in [2.75, 3.05) is 19.6 Å². The van der Waals surface area contributed by atoms with Crippen LogP contribution in [0.4, 0.5) is 0 Å². The number of benzene rings is 2. The highest BCUT2D eigenvalue weighted by Crippen LogP contribution is 2.29. The third kappa shape index (κ3) is 5.84. The summed E-state index contributed by atoms with van der Waals surface area (Å²) < 4.78 is 0.